The molecule has 1 saturated heterocycles. The maximum Gasteiger partial charge on any atom is 0.254 e. The largest absolute Gasteiger partial charge is 0.399 e. The van der Waals surface area contributed by atoms with E-state index in [0.29, 0.717) is 5.41 Å². The molecule has 5 rings (SSSR count). The number of hydrogen-bond donors (Lipinski definition) is 1. The van der Waals surface area contributed by atoms with Crippen LogP contribution in [0.1, 0.15) is 30.4 Å². The van der Waals surface area contributed by atoms with Gasteiger partial charge < -0.3 is 15.2 Å². The van der Waals surface area contributed by atoms with Crippen LogP contribution in [0.4, 0.5) is 11.4 Å². The molecule has 1 saturated carbocycles. The number of nitrogens with two attached hydrogens (primary N) is 1. The van der Waals surface area contributed by atoms with E-state index in [1.54, 1.807) is 4.57 Å². The van der Waals surface area contributed by atoms with Crippen molar-refractivity contribution in [3.63, 3.8) is 0 Å². The number of aromatic nitrogens is 1. The van der Waals surface area contributed by atoms with Crippen molar-refractivity contribution in [2.75, 3.05) is 23.7 Å². The second kappa shape index (κ2) is 5.01. The maximum absolute atomic E-state index is 12.4. The minimum atomic E-state index is 0.104. The molecule has 2 fully saturated rings. The van der Waals surface area contributed by atoms with Crippen molar-refractivity contribution in [2.24, 2.45) is 12.5 Å². The zero-order valence-electron chi connectivity index (χ0n) is 14.6. The smallest absolute Gasteiger partial charge is 0.254 e. The number of rotatable bonds is 2. The van der Waals surface area contributed by atoms with Crippen molar-refractivity contribution in [2.45, 2.75) is 25.7 Å². The van der Waals surface area contributed by atoms with Gasteiger partial charge in [0.2, 0.25) is 0 Å². The minimum absolute atomic E-state index is 0.104. The van der Waals surface area contributed by atoms with E-state index >= 15 is 0 Å². The standard InChI is InChI=1S/C21H23N3O/c1-23-12-18(15-3-2-4-16(15)20(23)25)17-11-14(22)5-6-19(17)24-10-9-21(13-24)7-8-21/h2-3,5-6,11-12H,4,7-10,13,22H2,1H3. The van der Waals surface area contributed by atoms with Crippen LogP contribution < -0.4 is 16.2 Å². The summed E-state index contributed by atoms with van der Waals surface area (Å²) in [7, 11) is 1.84. The number of anilines is 2. The highest BCUT2D eigenvalue weighted by atomic mass is 16.1. The Labute approximate surface area is 147 Å². The van der Waals surface area contributed by atoms with Gasteiger partial charge in [-0.1, -0.05) is 12.2 Å². The Hall–Kier alpha value is -2.49. The summed E-state index contributed by atoms with van der Waals surface area (Å²) in [4.78, 5) is 14.9. The molecule has 1 spiro atoms. The number of allylic oxidation sites excluding steroid dienone is 1. The van der Waals surface area contributed by atoms with Crippen LogP contribution >= 0.6 is 0 Å². The molecule has 128 valence electrons. The predicted octanol–water partition coefficient (Wildman–Crippen LogP) is 3.19. The van der Waals surface area contributed by atoms with Gasteiger partial charge in [-0.15, -0.1) is 0 Å². The van der Waals surface area contributed by atoms with Crippen LogP contribution in [0.15, 0.2) is 35.3 Å². The lowest BCUT2D eigenvalue weighted by Crippen LogP contribution is -2.23. The molecular formula is C21H23N3O. The molecule has 1 aromatic heterocycles. The Morgan fingerprint density at radius 2 is 2.00 bits per heavy atom. The number of pyridine rings is 1. The van der Waals surface area contributed by atoms with E-state index in [1.165, 1.54) is 24.9 Å². The van der Waals surface area contributed by atoms with Crippen molar-refractivity contribution in [3.8, 4) is 11.1 Å². The molecule has 1 aliphatic heterocycles. The Balaban J connectivity index is 1.69. The normalized spacial score (nSPS) is 19.6. The molecule has 4 nitrogen and oxygen atoms in total. The quantitative estimate of drug-likeness (QED) is 0.859. The SMILES string of the molecule is Cn1cc(-c2cc(N)ccc2N2CCC3(CC3)C2)c2c(c1=O)CC=C2. The lowest BCUT2D eigenvalue weighted by Gasteiger charge is -2.24. The lowest BCUT2D eigenvalue weighted by molar-refractivity contribution is 0.581. The highest BCUT2D eigenvalue weighted by molar-refractivity contribution is 5.88. The molecule has 4 heteroatoms. The minimum Gasteiger partial charge on any atom is -0.399 e. The molecule has 1 aromatic carbocycles. The molecule has 2 aliphatic carbocycles. The van der Waals surface area contributed by atoms with Crippen LogP contribution in [-0.4, -0.2) is 17.7 Å². The van der Waals surface area contributed by atoms with Crippen LogP contribution in [0, 0.1) is 5.41 Å². The van der Waals surface area contributed by atoms with E-state index in [4.69, 9.17) is 5.73 Å². The second-order valence-corrected chi connectivity index (χ2v) is 7.91. The number of nitrogen functional groups attached to an aromatic ring is 1. The molecule has 2 heterocycles. The Morgan fingerprint density at radius 1 is 1.16 bits per heavy atom. The van der Waals surface area contributed by atoms with E-state index < -0.39 is 0 Å². The van der Waals surface area contributed by atoms with Gasteiger partial charge in [-0.3, -0.25) is 4.79 Å². The molecule has 25 heavy (non-hydrogen) atoms. The van der Waals surface area contributed by atoms with E-state index in [0.717, 1.165) is 47.5 Å². The van der Waals surface area contributed by atoms with Gasteiger partial charge in [0.1, 0.15) is 0 Å². The van der Waals surface area contributed by atoms with Gasteiger partial charge in [-0.05, 0) is 54.9 Å². The third-order valence-electron chi connectivity index (χ3n) is 6.17. The van der Waals surface area contributed by atoms with Gasteiger partial charge >= 0.3 is 0 Å². The average Bonchev–Trinajstić information content (AvgIpc) is 3.00. The van der Waals surface area contributed by atoms with Gasteiger partial charge in [0.05, 0.1) is 0 Å². The van der Waals surface area contributed by atoms with Crippen molar-refractivity contribution in [3.05, 3.63) is 52.0 Å². The molecule has 0 bridgehead atoms. The molecule has 0 unspecified atom stereocenters. The first-order chi connectivity index (χ1) is 12.1. The van der Waals surface area contributed by atoms with Crippen LogP contribution in [-0.2, 0) is 13.5 Å². The highest BCUT2D eigenvalue weighted by Crippen LogP contribution is 2.54. The van der Waals surface area contributed by atoms with Crippen molar-refractivity contribution in [1.82, 2.24) is 4.57 Å². The summed E-state index contributed by atoms with van der Waals surface area (Å²) in [5.41, 5.74) is 13.1. The van der Waals surface area contributed by atoms with Gasteiger partial charge in [-0.25, -0.2) is 0 Å². The summed E-state index contributed by atoms with van der Waals surface area (Å²) >= 11 is 0. The maximum atomic E-state index is 12.4. The third kappa shape index (κ3) is 2.24. The number of benzene rings is 1. The Morgan fingerprint density at radius 3 is 2.76 bits per heavy atom. The summed E-state index contributed by atoms with van der Waals surface area (Å²) in [5.74, 6) is 0. The van der Waals surface area contributed by atoms with Gasteiger partial charge in [0, 0.05) is 54.4 Å². The molecule has 2 aromatic rings. The van der Waals surface area contributed by atoms with Gasteiger partial charge in [0.25, 0.3) is 5.56 Å². The fourth-order valence-electron chi connectivity index (χ4n) is 4.48. The van der Waals surface area contributed by atoms with Crippen molar-refractivity contribution < 1.29 is 0 Å². The number of nitrogens with zero attached hydrogens (tertiary/aromatic N) is 2. The molecule has 0 amide bonds. The zero-order chi connectivity index (χ0) is 17.2. The summed E-state index contributed by atoms with van der Waals surface area (Å²) in [5, 5.41) is 0. The highest BCUT2D eigenvalue weighted by Gasteiger charge is 2.48. The van der Waals surface area contributed by atoms with E-state index in [2.05, 4.69) is 29.2 Å². The van der Waals surface area contributed by atoms with Crippen LogP contribution in [0.25, 0.3) is 17.2 Å². The van der Waals surface area contributed by atoms with Crippen LogP contribution in [0.5, 0.6) is 0 Å². The summed E-state index contributed by atoms with van der Waals surface area (Å²) in [6.07, 6.45) is 10.9. The Kier molecular flexibility index (Phi) is 2.97. The third-order valence-corrected chi connectivity index (χ3v) is 6.17. The monoisotopic (exact) mass is 333 g/mol. The summed E-state index contributed by atoms with van der Waals surface area (Å²) < 4.78 is 1.71. The number of aryl methyl sites for hydroxylation is 1. The number of hydrogen-bond acceptors (Lipinski definition) is 3. The van der Waals surface area contributed by atoms with E-state index in [-0.39, 0.29) is 5.56 Å². The number of fused-ring (bicyclic) bond motifs is 1. The fourth-order valence-corrected chi connectivity index (χ4v) is 4.48. The van der Waals surface area contributed by atoms with Crippen LogP contribution in [0.2, 0.25) is 0 Å². The lowest BCUT2D eigenvalue weighted by atomic mass is 9.97. The summed E-state index contributed by atoms with van der Waals surface area (Å²) in [6, 6.07) is 6.22. The second-order valence-electron chi connectivity index (χ2n) is 7.91. The van der Waals surface area contributed by atoms with Gasteiger partial charge in [0.15, 0.2) is 0 Å². The molecular weight excluding hydrogens is 310 g/mol. The molecule has 0 radical (unpaired) electrons. The van der Waals surface area contributed by atoms with Gasteiger partial charge in [-0.2, -0.15) is 0 Å². The van der Waals surface area contributed by atoms with E-state index in [1.807, 2.05) is 19.3 Å². The first kappa shape index (κ1) is 14.8. The topological polar surface area (TPSA) is 51.3 Å². The molecule has 2 N–H and O–H groups in total. The molecule has 3 aliphatic rings. The molecule has 0 atom stereocenters. The first-order valence-corrected chi connectivity index (χ1v) is 9.10. The van der Waals surface area contributed by atoms with Crippen LogP contribution in [0.3, 0.4) is 0 Å². The zero-order valence-corrected chi connectivity index (χ0v) is 14.6. The Bertz CT molecular complexity index is 966. The average molecular weight is 333 g/mol. The fraction of sp³-hybridized carbons (Fsp3) is 0.381. The predicted molar refractivity (Wildman–Crippen MR) is 103 cm³/mol. The summed E-state index contributed by atoms with van der Waals surface area (Å²) in [6.45, 7) is 2.26. The first-order valence-electron chi connectivity index (χ1n) is 9.10. The van der Waals surface area contributed by atoms with Crippen molar-refractivity contribution in [1.29, 1.82) is 0 Å². The van der Waals surface area contributed by atoms with E-state index in [9.17, 15) is 4.79 Å². The van der Waals surface area contributed by atoms with Crippen molar-refractivity contribution >= 4 is 17.5 Å².